The van der Waals surface area contributed by atoms with Crippen molar-refractivity contribution in [2.75, 3.05) is 11.9 Å². The molecule has 0 spiro atoms. The predicted octanol–water partition coefficient (Wildman–Crippen LogP) is -0.767. The molecule has 1 saturated heterocycles. The van der Waals surface area contributed by atoms with Crippen LogP contribution < -0.4 is 108 Å². The molecule has 10 heteroatoms. The van der Waals surface area contributed by atoms with Crippen molar-refractivity contribution < 1.29 is 129 Å². The largest absolute Gasteiger partial charge is 1.00 e. The summed E-state index contributed by atoms with van der Waals surface area (Å²) in [6.45, 7) is 0.766. The van der Waals surface area contributed by atoms with Gasteiger partial charge in [-0.25, -0.2) is 0 Å². The van der Waals surface area contributed by atoms with Crippen LogP contribution in [0.15, 0.2) is 48.5 Å². The quantitative estimate of drug-likeness (QED) is 0.112. The van der Waals surface area contributed by atoms with Crippen molar-refractivity contribution in [3.8, 4) is 0 Å². The summed E-state index contributed by atoms with van der Waals surface area (Å²) in [5, 5.41) is 20.7. The van der Waals surface area contributed by atoms with Gasteiger partial charge in [-0.3, -0.25) is 4.79 Å². The van der Waals surface area contributed by atoms with Crippen LogP contribution in [0.3, 0.4) is 0 Å². The van der Waals surface area contributed by atoms with E-state index in [9.17, 15) is 5.11 Å². The fourth-order valence-electron chi connectivity index (χ4n) is 4.80. The van der Waals surface area contributed by atoms with Gasteiger partial charge in [-0.05, 0) is 61.1 Å². The van der Waals surface area contributed by atoms with Crippen molar-refractivity contribution in [3.05, 3.63) is 69.7 Å². The maximum atomic E-state index is 10.1. The molecule has 0 unspecified atom stereocenters. The van der Waals surface area contributed by atoms with Crippen molar-refractivity contribution in [2.45, 2.75) is 61.6 Å². The number of aliphatic hydroxyl groups is 1. The van der Waals surface area contributed by atoms with Gasteiger partial charge in [0.1, 0.15) is 0 Å². The molecular weight excluding hydrogens is 609 g/mol. The van der Waals surface area contributed by atoms with Crippen LogP contribution in [-0.2, 0) is 25.2 Å². The molecule has 3 aliphatic rings. The third kappa shape index (κ3) is 9.06. The zero-order valence-electron chi connectivity index (χ0n) is 21.2. The second kappa shape index (κ2) is 17.1. The van der Waals surface area contributed by atoms with Crippen molar-refractivity contribution >= 4 is 45.6 Å². The van der Waals surface area contributed by atoms with Crippen LogP contribution in [0.1, 0.15) is 51.1 Å². The number of rotatable bonds is 6. The maximum Gasteiger partial charge on any atom is 1.00 e. The molecule has 2 atom stereocenters. The van der Waals surface area contributed by atoms with E-state index in [1.165, 1.54) is 36.8 Å². The molecule has 2 saturated carbocycles. The Morgan fingerprint density at radius 2 is 1.46 bits per heavy atom. The number of ether oxygens (including phenoxy) is 1. The molecule has 182 valence electrons. The normalized spacial score (nSPS) is 20.8. The number of hydrogen-bond acceptors (Lipinski definition) is 5. The number of alkyl halides is 1. The van der Waals surface area contributed by atoms with E-state index < -0.39 is 0 Å². The van der Waals surface area contributed by atoms with E-state index in [1.54, 1.807) is 0 Å². The van der Waals surface area contributed by atoms with Crippen LogP contribution in [0.4, 0.5) is 0 Å². The Labute approximate surface area is 312 Å². The van der Waals surface area contributed by atoms with Gasteiger partial charge in [0.15, 0.2) is 0 Å². The molecular formula is C25H29BrCl2K2O5. The van der Waals surface area contributed by atoms with Gasteiger partial charge in [0.05, 0.1) is 18.8 Å². The van der Waals surface area contributed by atoms with E-state index in [2.05, 4.69) is 33.0 Å². The van der Waals surface area contributed by atoms with Crippen LogP contribution in [0.2, 0.25) is 10.0 Å². The van der Waals surface area contributed by atoms with Gasteiger partial charge >= 0.3 is 103 Å². The summed E-state index contributed by atoms with van der Waals surface area (Å²) < 4.78 is 5.47. The Kier molecular flexibility index (Phi) is 17.1. The van der Waals surface area contributed by atoms with E-state index in [1.807, 2.05) is 36.4 Å². The smallest absolute Gasteiger partial charge is 1.00 e. The Hall–Kier alpha value is 2.12. The minimum Gasteiger partial charge on any atom is -1.00 e. The topological polar surface area (TPSA) is 82.1 Å². The first-order valence-corrected chi connectivity index (χ1v) is 12.9. The standard InChI is InChI=1S/C12H14BrClO.C12H13ClO.CH2O3.2K.H/c13-8-11(15)12(6-1-7-12)9-2-4-10(14)5-3-9;13-10-4-2-9(3-5-10)12(6-1-7-12)11-8-14-11;2-1-4-3;;;/h2-5,11,15H,1,6-8H2;2-5,11H,1,6-8H2;1,3H;;;/q;;;2*+1;-1/p-1/t2*11-;;;;/m00..../s1. The summed E-state index contributed by atoms with van der Waals surface area (Å²) in [5.74, 6) is 0. The second-order valence-corrected chi connectivity index (χ2v) is 10.2. The van der Waals surface area contributed by atoms with Gasteiger partial charge in [0.2, 0.25) is 0 Å². The predicted molar refractivity (Wildman–Crippen MR) is 132 cm³/mol. The fourth-order valence-corrected chi connectivity index (χ4v) is 5.68. The van der Waals surface area contributed by atoms with Crippen molar-refractivity contribution in [2.24, 2.45) is 0 Å². The minimum absolute atomic E-state index is 0. The molecule has 1 N–H and O–H groups in total. The number of benzene rings is 2. The SMILES string of the molecule is Clc1ccc(C2([C@@H]3CO3)CCC2)cc1.O=CO[O-].O[C@@H](CBr)C1(c2ccc(Cl)cc2)CCC1.[H-].[K+].[K+]. The van der Waals surface area contributed by atoms with Gasteiger partial charge in [-0.15, -0.1) is 0 Å². The summed E-state index contributed by atoms with van der Waals surface area (Å²) in [6, 6.07) is 16.2. The minimum atomic E-state index is -0.299. The molecule has 1 heterocycles. The van der Waals surface area contributed by atoms with E-state index in [4.69, 9.17) is 38.0 Å². The maximum absolute atomic E-state index is 10.1. The van der Waals surface area contributed by atoms with Crippen LogP contribution in [0, 0.1) is 0 Å². The fraction of sp³-hybridized carbons (Fsp3) is 0.480. The number of carbonyl (C=O) groups is 1. The molecule has 0 radical (unpaired) electrons. The van der Waals surface area contributed by atoms with Crippen molar-refractivity contribution in [3.63, 3.8) is 0 Å². The molecule has 2 aromatic carbocycles. The molecule has 35 heavy (non-hydrogen) atoms. The number of halogens is 3. The average Bonchev–Trinajstić information content (AvgIpc) is 3.61. The van der Waals surface area contributed by atoms with E-state index in [0.717, 1.165) is 29.5 Å². The van der Waals surface area contributed by atoms with Gasteiger partial charge in [-0.1, -0.05) is 76.2 Å². The summed E-state index contributed by atoms with van der Waals surface area (Å²) in [6.07, 6.45) is 7.42. The molecule has 0 bridgehead atoms. The summed E-state index contributed by atoms with van der Waals surface area (Å²) in [7, 11) is 0. The molecule has 0 amide bonds. The van der Waals surface area contributed by atoms with Crippen LogP contribution in [0.5, 0.6) is 0 Å². The molecule has 0 aromatic heterocycles. The molecule has 3 fully saturated rings. The number of carbonyl (C=O) groups excluding carboxylic acids is 1. The Morgan fingerprint density at radius 3 is 1.74 bits per heavy atom. The zero-order valence-corrected chi connectivity index (χ0v) is 29.6. The first-order valence-electron chi connectivity index (χ1n) is 11.0. The first kappa shape index (κ1) is 35.1. The second-order valence-electron chi connectivity index (χ2n) is 8.72. The average molecular weight is 639 g/mol. The third-order valence-electron chi connectivity index (χ3n) is 7.10. The zero-order chi connectivity index (χ0) is 23.9. The first-order chi connectivity index (χ1) is 15.9. The van der Waals surface area contributed by atoms with Crippen LogP contribution >= 0.6 is 39.1 Å². The van der Waals surface area contributed by atoms with Gasteiger partial charge in [-0.2, -0.15) is 0 Å². The molecule has 5 nitrogen and oxygen atoms in total. The van der Waals surface area contributed by atoms with Gasteiger partial charge in [0, 0.05) is 26.2 Å². The monoisotopic (exact) mass is 636 g/mol. The van der Waals surface area contributed by atoms with Gasteiger partial charge < -0.3 is 21.4 Å². The van der Waals surface area contributed by atoms with Crippen LogP contribution in [0.25, 0.3) is 0 Å². The molecule has 2 aliphatic carbocycles. The third-order valence-corrected chi connectivity index (χ3v) is 8.22. The molecule has 5 rings (SSSR count). The number of epoxide rings is 1. The summed E-state index contributed by atoms with van der Waals surface area (Å²) >= 11 is 15.1. The van der Waals surface area contributed by atoms with Crippen molar-refractivity contribution in [1.82, 2.24) is 0 Å². The van der Waals surface area contributed by atoms with Crippen LogP contribution in [-0.4, -0.2) is 35.7 Å². The number of hydrogen-bond donors (Lipinski definition) is 1. The molecule has 2 aromatic rings. The Bertz CT molecular complexity index is 896. The van der Waals surface area contributed by atoms with E-state index in [-0.39, 0.29) is 122 Å². The Balaban J connectivity index is 0.000000554. The van der Waals surface area contributed by atoms with E-state index in [0.29, 0.717) is 16.8 Å². The molecule has 1 aliphatic heterocycles. The van der Waals surface area contributed by atoms with Gasteiger partial charge in [0.25, 0.3) is 6.47 Å². The van der Waals surface area contributed by atoms with E-state index >= 15 is 0 Å². The number of aliphatic hydroxyl groups excluding tert-OH is 1. The summed E-state index contributed by atoms with van der Waals surface area (Å²) in [4.78, 5) is 11.2. The Morgan fingerprint density at radius 1 is 1.03 bits per heavy atom. The van der Waals surface area contributed by atoms with Crippen molar-refractivity contribution in [1.29, 1.82) is 0 Å². The summed E-state index contributed by atoms with van der Waals surface area (Å²) in [5.41, 5.74) is 2.93.